The van der Waals surface area contributed by atoms with E-state index in [0.29, 0.717) is 3.57 Å². The average Bonchev–Trinajstić information content (AvgIpc) is 2.09. The predicted octanol–water partition coefficient (Wildman–Crippen LogP) is 1.56. The summed E-state index contributed by atoms with van der Waals surface area (Å²) in [5.41, 5.74) is 0. The van der Waals surface area contributed by atoms with Gasteiger partial charge in [0.1, 0.15) is 0 Å². The van der Waals surface area contributed by atoms with Gasteiger partial charge in [-0.3, -0.25) is 0 Å². The molecule has 0 saturated heterocycles. The highest BCUT2D eigenvalue weighted by atomic mass is 127. The van der Waals surface area contributed by atoms with Crippen molar-refractivity contribution in [2.24, 2.45) is 0 Å². The summed E-state index contributed by atoms with van der Waals surface area (Å²) < 4.78 is 31.2. The first-order valence-electron chi connectivity index (χ1n) is 3.30. The minimum Gasteiger partial charge on any atom is -0.361 e. The topological polar surface area (TPSA) is 52.6 Å². The Hall–Kier alpha value is -0.340. The standard InChI is InChI=1S/C7H7IO4S/c1-11-13(9,10)12-7-5-3-2-4-6(7)8/h2-5H,1H3. The minimum atomic E-state index is -3.90. The Bertz CT molecular complexity index is 387. The number of rotatable bonds is 3. The summed E-state index contributed by atoms with van der Waals surface area (Å²) >= 11 is 1.97. The molecule has 1 aromatic carbocycles. The Labute approximate surface area is 90.3 Å². The number of hydrogen-bond acceptors (Lipinski definition) is 4. The van der Waals surface area contributed by atoms with Gasteiger partial charge in [-0.15, -0.1) is 0 Å². The van der Waals surface area contributed by atoms with Crippen LogP contribution in [0.1, 0.15) is 0 Å². The summed E-state index contributed by atoms with van der Waals surface area (Å²) in [5.74, 6) is 0.268. The van der Waals surface area contributed by atoms with E-state index in [1.807, 2.05) is 22.6 Å². The molecule has 0 fully saturated rings. The normalized spacial score (nSPS) is 11.2. The lowest BCUT2D eigenvalue weighted by Crippen LogP contribution is -2.11. The van der Waals surface area contributed by atoms with Crippen molar-refractivity contribution in [3.05, 3.63) is 27.8 Å². The first kappa shape index (κ1) is 10.7. The molecular formula is C7H7IO4S. The van der Waals surface area contributed by atoms with E-state index in [4.69, 9.17) is 0 Å². The molecule has 0 spiro atoms. The monoisotopic (exact) mass is 314 g/mol. The van der Waals surface area contributed by atoms with Gasteiger partial charge >= 0.3 is 10.4 Å². The number of hydrogen-bond donors (Lipinski definition) is 0. The number of benzene rings is 1. The zero-order chi connectivity index (χ0) is 9.90. The second-order valence-electron chi connectivity index (χ2n) is 2.09. The lowest BCUT2D eigenvalue weighted by Gasteiger charge is -2.04. The van der Waals surface area contributed by atoms with Crippen molar-refractivity contribution in [1.29, 1.82) is 0 Å². The fraction of sp³-hybridized carbons (Fsp3) is 0.143. The van der Waals surface area contributed by atoms with E-state index in [-0.39, 0.29) is 5.75 Å². The lowest BCUT2D eigenvalue weighted by atomic mass is 10.3. The van der Waals surface area contributed by atoms with Gasteiger partial charge in [-0.25, -0.2) is 4.18 Å². The van der Waals surface area contributed by atoms with Crippen LogP contribution in [0.2, 0.25) is 0 Å². The Kier molecular flexibility index (Phi) is 3.51. The summed E-state index contributed by atoms with van der Waals surface area (Å²) in [6.45, 7) is 0. The molecular weight excluding hydrogens is 307 g/mol. The van der Waals surface area contributed by atoms with Crippen LogP contribution in [-0.2, 0) is 14.6 Å². The molecule has 0 atom stereocenters. The maximum absolute atomic E-state index is 10.9. The van der Waals surface area contributed by atoms with Crippen molar-refractivity contribution in [3.8, 4) is 5.75 Å². The molecule has 0 aromatic heterocycles. The molecule has 0 aliphatic rings. The Morgan fingerprint density at radius 2 is 1.92 bits per heavy atom. The van der Waals surface area contributed by atoms with Crippen molar-refractivity contribution < 1.29 is 16.8 Å². The van der Waals surface area contributed by atoms with E-state index < -0.39 is 10.4 Å². The molecule has 0 aliphatic heterocycles. The van der Waals surface area contributed by atoms with E-state index in [1.165, 1.54) is 0 Å². The van der Waals surface area contributed by atoms with Crippen LogP contribution < -0.4 is 4.18 Å². The maximum atomic E-state index is 10.9. The van der Waals surface area contributed by atoms with Gasteiger partial charge < -0.3 is 4.18 Å². The molecule has 0 amide bonds. The summed E-state index contributed by atoms with van der Waals surface area (Å²) in [6, 6.07) is 6.76. The number of para-hydroxylation sites is 1. The lowest BCUT2D eigenvalue weighted by molar-refractivity contribution is 0.329. The van der Waals surface area contributed by atoms with Gasteiger partial charge in [0.15, 0.2) is 5.75 Å². The van der Waals surface area contributed by atoms with Gasteiger partial charge in [0, 0.05) is 0 Å². The van der Waals surface area contributed by atoms with E-state index >= 15 is 0 Å². The molecule has 0 saturated carbocycles. The second kappa shape index (κ2) is 4.25. The van der Waals surface area contributed by atoms with E-state index in [1.54, 1.807) is 24.3 Å². The molecule has 4 nitrogen and oxygen atoms in total. The van der Waals surface area contributed by atoms with Crippen molar-refractivity contribution in [3.63, 3.8) is 0 Å². The van der Waals surface area contributed by atoms with Crippen LogP contribution in [0.3, 0.4) is 0 Å². The largest absolute Gasteiger partial charge is 0.448 e. The third-order valence-corrected chi connectivity index (χ3v) is 2.92. The first-order chi connectivity index (χ1) is 6.05. The van der Waals surface area contributed by atoms with E-state index in [9.17, 15) is 8.42 Å². The molecule has 0 bridgehead atoms. The smallest absolute Gasteiger partial charge is 0.361 e. The summed E-state index contributed by atoms with van der Waals surface area (Å²) in [7, 11) is -2.85. The molecule has 72 valence electrons. The molecule has 0 aliphatic carbocycles. The van der Waals surface area contributed by atoms with Gasteiger partial charge in [0.05, 0.1) is 10.7 Å². The van der Waals surface area contributed by atoms with Gasteiger partial charge in [0.2, 0.25) is 0 Å². The summed E-state index contributed by atoms with van der Waals surface area (Å²) in [4.78, 5) is 0. The third kappa shape index (κ3) is 3.12. The zero-order valence-electron chi connectivity index (χ0n) is 6.73. The Morgan fingerprint density at radius 1 is 1.31 bits per heavy atom. The van der Waals surface area contributed by atoms with Crippen LogP contribution >= 0.6 is 22.6 Å². The SMILES string of the molecule is COS(=O)(=O)Oc1ccccc1I. The maximum Gasteiger partial charge on any atom is 0.448 e. The minimum absolute atomic E-state index is 0.268. The molecule has 0 N–H and O–H groups in total. The number of halogens is 1. The molecule has 6 heteroatoms. The van der Waals surface area contributed by atoms with Gasteiger partial charge in [-0.1, -0.05) is 12.1 Å². The average molecular weight is 314 g/mol. The molecule has 0 radical (unpaired) electrons. The van der Waals surface area contributed by atoms with Crippen molar-refractivity contribution >= 4 is 33.0 Å². The fourth-order valence-electron chi connectivity index (χ4n) is 0.656. The highest BCUT2D eigenvalue weighted by Crippen LogP contribution is 2.21. The van der Waals surface area contributed by atoms with Crippen molar-refractivity contribution in [1.82, 2.24) is 0 Å². The van der Waals surface area contributed by atoms with Crippen LogP contribution in [0.4, 0.5) is 0 Å². The molecule has 1 aromatic rings. The molecule has 13 heavy (non-hydrogen) atoms. The highest BCUT2D eigenvalue weighted by molar-refractivity contribution is 14.1. The van der Waals surface area contributed by atoms with Crippen molar-refractivity contribution in [2.75, 3.05) is 7.11 Å². The third-order valence-electron chi connectivity index (χ3n) is 1.23. The quantitative estimate of drug-likeness (QED) is 0.795. The summed E-state index contributed by atoms with van der Waals surface area (Å²) in [5, 5.41) is 0. The van der Waals surface area contributed by atoms with Crippen molar-refractivity contribution in [2.45, 2.75) is 0 Å². The molecule has 0 heterocycles. The highest BCUT2D eigenvalue weighted by Gasteiger charge is 2.12. The van der Waals surface area contributed by atoms with Gasteiger partial charge in [0.25, 0.3) is 0 Å². The Morgan fingerprint density at radius 3 is 2.46 bits per heavy atom. The van der Waals surface area contributed by atoms with E-state index in [0.717, 1.165) is 7.11 Å². The van der Waals surface area contributed by atoms with Gasteiger partial charge in [-0.2, -0.15) is 8.42 Å². The summed E-state index contributed by atoms with van der Waals surface area (Å²) in [6.07, 6.45) is 0. The Balaban J connectivity index is 2.93. The molecule has 0 unspecified atom stereocenters. The molecule has 1 rings (SSSR count). The van der Waals surface area contributed by atoms with Gasteiger partial charge in [-0.05, 0) is 34.7 Å². The van der Waals surface area contributed by atoms with E-state index in [2.05, 4.69) is 8.37 Å². The predicted molar refractivity (Wildman–Crippen MR) is 55.7 cm³/mol. The first-order valence-corrected chi connectivity index (χ1v) is 5.71. The second-order valence-corrected chi connectivity index (χ2v) is 4.57. The van der Waals surface area contributed by atoms with Crippen LogP contribution in [-0.4, -0.2) is 15.5 Å². The van der Waals surface area contributed by atoms with Crippen LogP contribution in [0.25, 0.3) is 0 Å². The zero-order valence-corrected chi connectivity index (χ0v) is 9.70. The van der Waals surface area contributed by atoms with Crippen LogP contribution in [0.5, 0.6) is 5.75 Å². The van der Waals surface area contributed by atoms with Crippen LogP contribution in [0, 0.1) is 3.57 Å². The fourth-order valence-corrected chi connectivity index (χ4v) is 1.74. The van der Waals surface area contributed by atoms with Crippen LogP contribution in [0.15, 0.2) is 24.3 Å².